The highest BCUT2D eigenvalue weighted by Crippen LogP contribution is 2.29. The SMILES string of the molecule is CNc1nc(-c2nc3cnc(N4CCOCC4)cc3n2Cc2cccnc2)cn2c(C)nnc12. The lowest BCUT2D eigenvalue weighted by Crippen LogP contribution is -2.36. The monoisotopic (exact) mass is 456 g/mol. The van der Waals surface area contributed by atoms with Crippen molar-refractivity contribution in [1.29, 1.82) is 0 Å². The molecule has 1 aliphatic heterocycles. The lowest BCUT2D eigenvalue weighted by atomic mass is 10.2. The van der Waals surface area contributed by atoms with Crippen molar-refractivity contribution >= 4 is 28.3 Å². The van der Waals surface area contributed by atoms with Gasteiger partial charge in [-0.1, -0.05) is 6.07 Å². The minimum Gasteiger partial charge on any atom is -0.378 e. The molecule has 1 aliphatic rings. The highest BCUT2D eigenvalue weighted by Gasteiger charge is 2.20. The maximum Gasteiger partial charge on any atom is 0.203 e. The van der Waals surface area contributed by atoms with E-state index in [-0.39, 0.29) is 0 Å². The normalized spacial score (nSPS) is 14.2. The molecule has 6 rings (SSSR count). The number of hydrogen-bond donors (Lipinski definition) is 1. The summed E-state index contributed by atoms with van der Waals surface area (Å²) in [6.07, 6.45) is 7.42. The molecule has 0 bridgehead atoms. The second-order valence-electron chi connectivity index (χ2n) is 8.18. The van der Waals surface area contributed by atoms with E-state index in [4.69, 9.17) is 19.7 Å². The molecule has 1 N–H and O–H groups in total. The standard InChI is InChI=1S/C23H24N10O/c1-15-29-30-23-21(24-2)27-18(14-32(15)23)22-28-17-12-26-20(31-6-8-34-9-7-31)10-19(17)33(22)13-16-4-3-5-25-11-16/h3-5,10-12,14H,6-9,13H2,1-2H3,(H,24,27). The Bertz CT molecular complexity index is 1470. The van der Waals surface area contributed by atoms with Gasteiger partial charge in [0.25, 0.3) is 0 Å². The van der Waals surface area contributed by atoms with Crippen LogP contribution in [0.4, 0.5) is 11.6 Å². The van der Waals surface area contributed by atoms with E-state index >= 15 is 0 Å². The molecule has 6 heterocycles. The van der Waals surface area contributed by atoms with Crippen molar-refractivity contribution in [3.63, 3.8) is 0 Å². The van der Waals surface area contributed by atoms with E-state index in [0.717, 1.165) is 47.2 Å². The highest BCUT2D eigenvalue weighted by atomic mass is 16.5. The lowest BCUT2D eigenvalue weighted by Gasteiger charge is -2.27. The molecule has 0 aliphatic carbocycles. The van der Waals surface area contributed by atoms with Crippen LogP contribution in [0.1, 0.15) is 11.4 Å². The number of rotatable bonds is 5. The van der Waals surface area contributed by atoms with Gasteiger partial charge in [0.2, 0.25) is 5.65 Å². The molecule has 0 spiro atoms. The molecule has 0 unspecified atom stereocenters. The number of pyridine rings is 2. The second-order valence-corrected chi connectivity index (χ2v) is 8.18. The Hall–Kier alpha value is -4.12. The summed E-state index contributed by atoms with van der Waals surface area (Å²) in [7, 11) is 1.83. The van der Waals surface area contributed by atoms with Gasteiger partial charge < -0.3 is 19.5 Å². The number of morpholine rings is 1. The van der Waals surface area contributed by atoms with Crippen LogP contribution in [0.25, 0.3) is 28.2 Å². The van der Waals surface area contributed by atoms with E-state index in [0.29, 0.717) is 36.9 Å². The van der Waals surface area contributed by atoms with Crippen molar-refractivity contribution in [2.45, 2.75) is 13.5 Å². The van der Waals surface area contributed by atoms with Gasteiger partial charge in [-0.2, -0.15) is 0 Å². The third kappa shape index (κ3) is 3.50. The molecule has 172 valence electrons. The molecule has 1 saturated heterocycles. The molecule has 0 amide bonds. The molecule has 11 nitrogen and oxygen atoms in total. The summed E-state index contributed by atoms with van der Waals surface area (Å²) in [6, 6.07) is 6.11. The summed E-state index contributed by atoms with van der Waals surface area (Å²) in [5.74, 6) is 3.08. The van der Waals surface area contributed by atoms with Crippen LogP contribution in [0.5, 0.6) is 0 Å². The van der Waals surface area contributed by atoms with Crippen molar-refractivity contribution in [2.75, 3.05) is 43.6 Å². The molecule has 0 saturated carbocycles. The lowest BCUT2D eigenvalue weighted by molar-refractivity contribution is 0.122. The molecule has 0 aromatic carbocycles. The van der Waals surface area contributed by atoms with Gasteiger partial charge >= 0.3 is 0 Å². The largest absolute Gasteiger partial charge is 0.378 e. The maximum absolute atomic E-state index is 5.51. The van der Waals surface area contributed by atoms with Crippen LogP contribution in [-0.2, 0) is 11.3 Å². The Labute approximate surface area is 195 Å². The van der Waals surface area contributed by atoms with Crippen LogP contribution in [0.2, 0.25) is 0 Å². The first kappa shape index (κ1) is 20.5. The summed E-state index contributed by atoms with van der Waals surface area (Å²) in [5.41, 5.74) is 4.26. The Morgan fingerprint density at radius 3 is 2.79 bits per heavy atom. The smallest absolute Gasteiger partial charge is 0.203 e. The molecule has 0 atom stereocenters. The van der Waals surface area contributed by atoms with Crippen LogP contribution >= 0.6 is 0 Å². The predicted octanol–water partition coefficient (Wildman–Crippen LogP) is 2.17. The quantitative estimate of drug-likeness (QED) is 0.425. The van der Waals surface area contributed by atoms with Gasteiger partial charge in [0.1, 0.15) is 22.9 Å². The van der Waals surface area contributed by atoms with Gasteiger partial charge in [-0.05, 0) is 18.6 Å². The zero-order valence-electron chi connectivity index (χ0n) is 19.0. The summed E-state index contributed by atoms with van der Waals surface area (Å²) in [6.45, 7) is 5.56. The van der Waals surface area contributed by atoms with Gasteiger partial charge in [0.15, 0.2) is 11.6 Å². The van der Waals surface area contributed by atoms with Crippen LogP contribution in [0.3, 0.4) is 0 Å². The van der Waals surface area contributed by atoms with E-state index in [2.05, 4.69) is 42.1 Å². The van der Waals surface area contributed by atoms with E-state index < -0.39 is 0 Å². The van der Waals surface area contributed by atoms with Crippen LogP contribution in [0, 0.1) is 6.92 Å². The summed E-state index contributed by atoms with van der Waals surface area (Å²) < 4.78 is 9.61. The van der Waals surface area contributed by atoms with Gasteiger partial charge in [0, 0.05) is 44.8 Å². The topological polar surface area (TPSA) is 111 Å². The molecular formula is C23H24N10O. The number of aryl methyl sites for hydroxylation is 1. The predicted molar refractivity (Wildman–Crippen MR) is 128 cm³/mol. The first-order chi connectivity index (χ1) is 16.7. The van der Waals surface area contributed by atoms with Crippen molar-refractivity contribution in [1.82, 2.24) is 39.1 Å². The molecule has 34 heavy (non-hydrogen) atoms. The fourth-order valence-corrected chi connectivity index (χ4v) is 4.30. The Morgan fingerprint density at radius 1 is 1.12 bits per heavy atom. The number of imidazole rings is 1. The van der Waals surface area contributed by atoms with E-state index in [9.17, 15) is 0 Å². The molecular weight excluding hydrogens is 432 g/mol. The first-order valence-corrected chi connectivity index (χ1v) is 11.2. The number of fused-ring (bicyclic) bond motifs is 2. The number of nitrogens with zero attached hydrogens (tertiary/aromatic N) is 9. The molecule has 5 aromatic heterocycles. The van der Waals surface area contributed by atoms with E-state index in [1.165, 1.54) is 0 Å². The van der Waals surface area contributed by atoms with Crippen molar-refractivity contribution in [3.8, 4) is 11.5 Å². The number of aromatic nitrogens is 8. The molecule has 11 heteroatoms. The van der Waals surface area contributed by atoms with Gasteiger partial charge in [0.05, 0.1) is 31.5 Å². The average Bonchev–Trinajstić information content (AvgIpc) is 3.44. The maximum atomic E-state index is 5.51. The Balaban J connectivity index is 1.55. The van der Waals surface area contributed by atoms with Gasteiger partial charge in [-0.25, -0.2) is 15.0 Å². The number of anilines is 2. The Morgan fingerprint density at radius 2 is 2.00 bits per heavy atom. The van der Waals surface area contributed by atoms with E-state index in [1.807, 2.05) is 43.0 Å². The molecule has 0 radical (unpaired) electrons. The summed E-state index contributed by atoms with van der Waals surface area (Å²) >= 11 is 0. The Kier molecular flexibility index (Phi) is 5.02. The number of nitrogens with one attached hydrogen (secondary N) is 1. The van der Waals surface area contributed by atoms with Crippen LogP contribution in [-0.4, -0.2) is 72.5 Å². The van der Waals surface area contributed by atoms with Crippen molar-refractivity contribution in [3.05, 3.63) is 54.4 Å². The van der Waals surface area contributed by atoms with Gasteiger partial charge in [-0.3, -0.25) is 9.38 Å². The zero-order valence-corrected chi connectivity index (χ0v) is 19.0. The second kappa shape index (κ2) is 8.34. The summed E-state index contributed by atoms with van der Waals surface area (Å²) in [4.78, 5) is 21.0. The third-order valence-corrected chi connectivity index (χ3v) is 6.05. The minimum atomic E-state index is 0.599. The van der Waals surface area contributed by atoms with E-state index in [1.54, 1.807) is 6.20 Å². The first-order valence-electron chi connectivity index (χ1n) is 11.2. The zero-order chi connectivity index (χ0) is 23.1. The average molecular weight is 457 g/mol. The molecule has 1 fully saturated rings. The summed E-state index contributed by atoms with van der Waals surface area (Å²) in [5, 5.41) is 11.6. The highest BCUT2D eigenvalue weighted by molar-refractivity contribution is 5.82. The van der Waals surface area contributed by atoms with Crippen LogP contribution < -0.4 is 10.2 Å². The van der Waals surface area contributed by atoms with Crippen LogP contribution in [0.15, 0.2) is 43.0 Å². The fourth-order valence-electron chi connectivity index (χ4n) is 4.30. The number of ether oxygens (including phenoxy) is 1. The molecule has 5 aromatic rings. The number of hydrogen-bond acceptors (Lipinski definition) is 9. The minimum absolute atomic E-state index is 0.599. The fraction of sp³-hybridized carbons (Fsp3) is 0.304. The third-order valence-electron chi connectivity index (χ3n) is 6.05. The van der Waals surface area contributed by atoms with Crippen molar-refractivity contribution in [2.24, 2.45) is 0 Å². The van der Waals surface area contributed by atoms with Gasteiger partial charge in [-0.15, -0.1) is 10.2 Å². The van der Waals surface area contributed by atoms with Crippen molar-refractivity contribution < 1.29 is 4.74 Å².